The minimum atomic E-state index is -1.70. The largest absolute Gasteiger partial charge is 0.418 e. The Labute approximate surface area is 242 Å². The van der Waals surface area contributed by atoms with E-state index in [9.17, 15) is 0 Å². The number of hydrogen-bond acceptors (Lipinski definition) is 4. The summed E-state index contributed by atoms with van der Waals surface area (Å²) in [5, 5.41) is 0. The van der Waals surface area contributed by atoms with Crippen LogP contribution in [0.4, 0.5) is 0 Å². The molecule has 0 aliphatic heterocycles. The van der Waals surface area contributed by atoms with Crippen molar-refractivity contribution < 1.29 is 4.43 Å². The molecule has 0 aliphatic carbocycles. The van der Waals surface area contributed by atoms with E-state index >= 15 is 0 Å². The van der Waals surface area contributed by atoms with Gasteiger partial charge in [-0.05, 0) is 167 Å². The highest BCUT2D eigenvalue weighted by molar-refractivity contribution is 6.71. The van der Waals surface area contributed by atoms with Crippen molar-refractivity contribution >= 4 is 8.32 Å². The lowest BCUT2D eigenvalue weighted by Gasteiger charge is -2.41. The van der Waals surface area contributed by atoms with E-state index in [4.69, 9.17) is 4.43 Å². The van der Waals surface area contributed by atoms with Crippen molar-refractivity contribution in [2.75, 3.05) is 65.5 Å². The second kappa shape index (κ2) is 23.7. The van der Waals surface area contributed by atoms with E-state index in [-0.39, 0.29) is 0 Å². The highest BCUT2D eigenvalue weighted by Gasteiger charge is 2.37. The van der Waals surface area contributed by atoms with E-state index in [1.807, 2.05) is 0 Å². The van der Waals surface area contributed by atoms with Crippen LogP contribution >= 0.6 is 0 Å². The first-order valence-corrected chi connectivity index (χ1v) is 20.2. The Morgan fingerprint density at radius 1 is 0.474 bits per heavy atom. The molecule has 0 unspecified atom stereocenters. The minimum Gasteiger partial charge on any atom is -0.418 e. The maximum absolute atomic E-state index is 6.51. The van der Waals surface area contributed by atoms with E-state index in [0.717, 1.165) is 6.61 Å². The van der Waals surface area contributed by atoms with Gasteiger partial charge in [0, 0.05) is 6.61 Å². The van der Waals surface area contributed by atoms with Crippen molar-refractivity contribution in [2.45, 2.75) is 145 Å². The molecule has 0 heterocycles. The average molecular weight is 556 g/mol. The summed E-state index contributed by atoms with van der Waals surface area (Å²) in [6.07, 6.45) is 15.8. The minimum absolute atomic E-state index is 0.434. The highest BCUT2D eigenvalue weighted by atomic mass is 28.4. The van der Waals surface area contributed by atoms with Crippen LogP contribution in [0.25, 0.3) is 0 Å². The van der Waals surface area contributed by atoms with Gasteiger partial charge in [0.15, 0.2) is 8.32 Å². The third kappa shape index (κ3) is 18.4. The SMILES string of the molecule is CCCN(CCC)CCCC(CCCN(CCC)CCC)(CCCN(CCC)CCC)C[Si](C)(C)OCC. The first-order valence-electron chi connectivity index (χ1n) is 17.1. The molecular formula is C33H73N3OSi. The zero-order chi connectivity index (χ0) is 28.7. The lowest BCUT2D eigenvalue weighted by molar-refractivity contribution is 0.166. The van der Waals surface area contributed by atoms with Crippen molar-refractivity contribution in [1.29, 1.82) is 0 Å². The Hall–Kier alpha value is 0.0569. The van der Waals surface area contributed by atoms with Gasteiger partial charge >= 0.3 is 0 Å². The van der Waals surface area contributed by atoms with Gasteiger partial charge < -0.3 is 19.1 Å². The molecule has 0 rings (SSSR count). The zero-order valence-electron chi connectivity index (χ0n) is 28.0. The molecule has 38 heavy (non-hydrogen) atoms. The van der Waals surface area contributed by atoms with Crippen LogP contribution in [-0.4, -0.2) is 88.5 Å². The molecular weight excluding hydrogens is 482 g/mol. The van der Waals surface area contributed by atoms with Crippen LogP contribution in [0.1, 0.15) is 126 Å². The van der Waals surface area contributed by atoms with Crippen LogP contribution in [0.3, 0.4) is 0 Å². The van der Waals surface area contributed by atoms with Crippen molar-refractivity contribution in [2.24, 2.45) is 5.41 Å². The third-order valence-electron chi connectivity index (χ3n) is 8.12. The fraction of sp³-hybridized carbons (Fsp3) is 1.00. The Morgan fingerprint density at radius 2 is 0.763 bits per heavy atom. The van der Waals surface area contributed by atoms with E-state index in [2.05, 4.69) is 76.3 Å². The summed E-state index contributed by atoms with van der Waals surface area (Å²) >= 11 is 0. The predicted molar refractivity (Wildman–Crippen MR) is 175 cm³/mol. The Bertz CT molecular complexity index is 443. The maximum Gasteiger partial charge on any atom is 0.187 e. The summed E-state index contributed by atoms with van der Waals surface area (Å²) in [6, 6.07) is 1.33. The topological polar surface area (TPSA) is 19.0 Å². The van der Waals surface area contributed by atoms with Gasteiger partial charge in [0.25, 0.3) is 0 Å². The molecule has 0 atom stereocenters. The van der Waals surface area contributed by atoms with Crippen LogP contribution in [0.15, 0.2) is 0 Å². The van der Waals surface area contributed by atoms with Gasteiger partial charge in [-0.25, -0.2) is 0 Å². The summed E-state index contributed by atoms with van der Waals surface area (Å²) < 4.78 is 6.51. The second-order valence-electron chi connectivity index (χ2n) is 12.7. The predicted octanol–water partition coefficient (Wildman–Crippen LogP) is 8.92. The van der Waals surface area contributed by atoms with Gasteiger partial charge in [0.05, 0.1) is 0 Å². The molecule has 5 heteroatoms. The molecule has 230 valence electrons. The second-order valence-corrected chi connectivity index (χ2v) is 16.9. The monoisotopic (exact) mass is 556 g/mol. The fourth-order valence-corrected chi connectivity index (χ4v) is 10.1. The molecule has 0 aliphatic rings. The fourth-order valence-electron chi connectivity index (χ4n) is 6.92. The van der Waals surface area contributed by atoms with Gasteiger partial charge in [0.2, 0.25) is 0 Å². The summed E-state index contributed by atoms with van der Waals surface area (Å²) in [4.78, 5) is 8.18. The van der Waals surface area contributed by atoms with Gasteiger partial charge in [-0.15, -0.1) is 0 Å². The number of hydrogen-bond donors (Lipinski definition) is 0. The molecule has 0 fully saturated rings. The van der Waals surface area contributed by atoms with Gasteiger partial charge in [-0.2, -0.15) is 0 Å². The molecule has 0 aromatic heterocycles. The van der Waals surface area contributed by atoms with Crippen LogP contribution in [0, 0.1) is 5.41 Å². The standard InChI is InChI=1S/C33H73N3OSi/c1-10-23-34(24-11-2)29-17-20-33(32-38(8,9)37-16-7,21-18-30-35(25-12-3)26-13-4)22-19-31-36(27-14-5)28-15-6/h10-32H2,1-9H3. The smallest absolute Gasteiger partial charge is 0.187 e. The van der Waals surface area contributed by atoms with Crippen LogP contribution in [0.2, 0.25) is 19.1 Å². The number of nitrogens with zero attached hydrogens (tertiary/aromatic N) is 3. The van der Waals surface area contributed by atoms with Crippen LogP contribution in [-0.2, 0) is 4.43 Å². The first kappa shape index (κ1) is 38.1. The zero-order valence-corrected chi connectivity index (χ0v) is 29.0. The molecule has 0 aromatic rings. The van der Waals surface area contributed by atoms with Gasteiger partial charge in [-0.3, -0.25) is 0 Å². The van der Waals surface area contributed by atoms with Crippen molar-refractivity contribution in [3.05, 3.63) is 0 Å². The molecule has 0 amide bonds. The molecule has 0 aromatic carbocycles. The quantitative estimate of drug-likeness (QED) is 0.0897. The first-order chi connectivity index (χ1) is 18.2. The number of rotatable bonds is 28. The maximum atomic E-state index is 6.51. The van der Waals surface area contributed by atoms with Crippen molar-refractivity contribution in [1.82, 2.24) is 14.7 Å². The lowest BCUT2D eigenvalue weighted by atomic mass is 9.76. The molecule has 0 radical (unpaired) electrons. The Morgan fingerprint density at radius 3 is 1.00 bits per heavy atom. The Kier molecular flexibility index (Phi) is 23.8. The lowest BCUT2D eigenvalue weighted by Crippen LogP contribution is -2.40. The van der Waals surface area contributed by atoms with Crippen molar-refractivity contribution in [3.63, 3.8) is 0 Å². The van der Waals surface area contributed by atoms with Gasteiger partial charge in [-0.1, -0.05) is 41.5 Å². The summed E-state index contributed by atoms with van der Waals surface area (Å²) in [7, 11) is -1.70. The molecule has 0 spiro atoms. The molecule has 0 bridgehead atoms. The molecule has 0 N–H and O–H groups in total. The molecule has 4 nitrogen and oxygen atoms in total. The third-order valence-corrected chi connectivity index (χ3v) is 10.8. The molecule has 0 saturated heterocycles. The van der Waals surface area contributed by atoms with Crippen molar-refractivity contribution in [3.8, 4) is 0 Å². The van der Waals surface area contributed by atoms with Crippen LogP contribution in [0.5, 0.6) is 0 Å². The van der Waals surface area contributed by atoms with E-state index in [0.29, 0.717) is 5.41 Å². The highest BCUT2D eigenvalue weighted by Crippen LogP contribution is 2.43. The Balaban J connectivity index is 5.74. The molecule has 0 saturated carbocycles. The normalized spacial score (nSPS) is 12.9. The van der Waals surface area contributed by atoms with Crippen LogP contribution < -0.4 is 0 Å². The summed E-state index contributed by atoms with van der Waals surface area (Å²) in [5.74, 6) is 0. The average Bonchev–Trinajstić information content (AvgIpc) is 2.84. The van der Waals surface area contributed by atoms with E-state index in [1.165, 1.54) is 142 Å². The van der Waals surface area contributed by atoms with E-state index < -0.39 is 8.32 Å². The summed E-state index contributed by atoms with van der Waals surface area (Å²) in [6.45, 7) is 33.4. The van der Waals surface area contributed by atoms with E-state index in [1.54, 1.807) is 0 Å². The summed E-state index contributed by atoms with van der Waals surface area (Å²) in [5.41, 5.74) is 0.434. The van der Waals surface area contributed by atoms with Gasteiger partial charge in [0.1, 0.15) is 0 Å².